The van der Waals surface area contributed by atoms with Gasteiger partial charge in [-0.3, -0.25) is 0 Å². The molecule has 0 unspecified atom stereocenters. The Balaban J connectivity index is 1.45. The highest BCUT2D eigenvalue weighted by Gasteiger charge is 2.43. The molecule has 1 saturated heterocycles. The van der Waals surface area contributed by atoms with E-state index < -0.39 is 22.2 Å². The first-order valence-electron chi connectivity index (χ1n) is 15.1. The van der Waals surface area contributed by atoms with Gasteiger partial charge in [0.25, 0.3) is 0 Å². The van der Waals surface area contributed by atoms with Gasteiger partial charge in [0, 0.05) is 39.3 Å². The average Bonchev–Trinajstić information content (AvgIpc) is 3.06. The number of fused-ring (bicyclic) bond motifs is 1. The number of rotatable bonds is 13. The van der Waals surface area contributed by atoms with Gasteiger partial charge in [-0.25, -0.2) is 8.42 Å². The number of piperidine rings is 1. The Bertz CT molecular complexity index is 1560. The summed E-state index contributed by atoms with van der Waals surface area (Å²) in [6.45, 7) is 5.13. The van der Waals surface area contributed by atoms with Crippen molar-refractivity contribution in [3.63, 3.8) is 0 Å². The maximum absolute atomic E-state index is 13.9. The number of nitrogens with zero attached hydrogens (tertiary/aromatic N) is 3. The Hall–Kier alpha value is -3.66. The van der Waals surface area contributed by atoms with Crippen molar-refractivity contribution in [3.8, 4) is 17.6 Å². The fourth-order valence-electron chi connectivity index (χ4n) is 5.95. The number of hydrogen-bond acceptors (Lipinski definition) is 9. The van der Waals surface area contributed by atoms with Crippen molar-refractivity contribution >= 4 is 15.7 Å². The highest BCUT2D eigenvalue weighted by atomic mass is 32.2. The predicted octanol–water partition coefficient (Wildman–Crippen LogP) is 4.52. The topological polar surface area (TPSA) is 111 Å². The molecular formula is C34H41N3O7S. The Morgan fingerprint density at radius 3 is 2.40 bits per heavy atom. The SMILES string of the molecule is COCCCN1CCOc2ccc(CO[C@H]3CN(S(=O)(=O)c4ccc(C)cc4)C[C@@H](OCC#N)[C@@H]3c3ccc(OC)cc3)cc21. The van der Waals surface area contributed by atoms with Gasteiger partial charge in [-0.2, -0.15) is 9.57 Å². The largest absolute Gasteiger partial charge is 0.497 e. The number of benzene rings is 3. The predicted molar refractivity (Wildman–Crippen MR) is 170 cm³/mol. The molecule has 2 aliphatic rings. The molecule has 3 aromatic carbocycles. The van der Waals surface area contributed by atoms with Gasteiger partial charge in [0.05, 0.1) is 49.1 Å². The Morgan fingerprint density at radius 2 is 1.71 bits per heavy atom. The molecule has 240 valence electrons. The molecule has 0 spiro atoms. The van der Waals surface area contributed by atoms with Gasteiger partial charge in [-0.15, -0.1) is 0 Å². The molecule has 10 nitrogen and oxygen atoms in total. The lowest BCUT2D eigenvalue weighted by atomic mass is 9.85. The molecule has 11 heteroatoms. The number of nitriles is 1. The van der Waals surface area contributed by atoms with E-state index in [0.717, 1.165) is 47.6 Å². The maximum Gasteiger partial charge on any atom is 0.243 e. The van der Waals surface area contributed by atoms with Crippen LogP contribution in [0.2, 0.25) is 0 Å². The van der Waals surface area contributed by atoms with Gasteiger partial charge in [0.15, 0.2) is 0 Å². The summed E-state index contributed by atoms with van der Waals surface area (Å²) in [6.07, 6.45) is -0.288. The normalized spacial score (nSPS) is 20.2. The Kier molecular flexibility index (Phi) is 11.0. The van der Waals surface area contributed by atoms with Crippen LogP contribution < -0.4 is 14.4 Å². The second-order valence-corrected chi connectivity index (χ2v) is 13.2. The zero-order valence-corrected chi connectivity index (χ0v) is 26.9. The van der Waals surface area contributed by atoms with Crippen molar-refractivity contribution in [3.05, 3.63) is 83.4 Å². The van der Waals surface area contributed by atoms with E-state index in [1.165, 1.54) is 4.31 Å². The van der Waals surface area contributed by atoms with Gasteiger partial charge in [0.2, 0.25) is 10.0 Å². The molecule has 0 amide bonds. The summed E-state index contributed by atoms with van der Waals surface area (Å²) in [7, 11) is -0.550. The molecule has 2 heterocycles. The smallest absolute Gasteiger partial charge is 0.243 e. The molecule has 5 rings (SSSR count). The third kappa shape index (κ3) is 7.77. The fraction of sp³-hybridized carbons (Fsp3) is 0.441. The third-order valence-corrected chi connectivity index (χ3v) is 10.2. The van der Waals surface area contributed by atoms with Gasteiger partial charge >= 0.3 is 0 Å². The Labute approximate surface area is 266 Å². The first-order valence-corrected chi connectivity index (χ1v) is 16.6. The van der Waals surface area contributed by atoms with Gasteiger partial charge in [-0.05, 0) is 60.9 Å². The van der Waals surface area contributed by atoms with Crippen LogP contribution in [0.4, 0.5) is 5.69 Å². The van der Waals surface area contributed by atoms with Gasteiger partial charge in [-0.1, -0.05) is 35.9 Å². The van der Waals surface area contributed by atoms with E-state index in [1.807, 2.05) is 49.4 Å². The van der Waals surface area contributed by atoms with Crippen LogP contribution in [0.3, 0.4) is 0 Å². The minimum absolute atomic E-state index is 0.0844. The van der Waals surface area contributed by atoms with Crippen LogP contribution >= 0.6 is 0 Å². The molecule has 0 aromatic heterocycles. The van der Waals surface area contributed by atoms with Crippen LogP contribution in [0.25, 0.3) is 0 Å². The first kappa shape index (κ1) is 32.7. The number of aryl methyl sites for hydroxylation is 1. The lowest BCUT2D eigenvalue weighted by molar-refractivity contribution is -0.0725. The summed E-state index contributed by atoms with van der Waals surface area (Å²) in [5, 5.41) is 9.38. The van der Waals surface area contributed by atoms with Gasteiger partial charge < -0.3 is 28.6 Å². The van der Waals surface area contributed by atoms with E-state index >= 15 is 0 Å². The number of sulfonamides is 1. The van der Waals surface area contributed by atoms with E-state index in [1.54, 1.807) is 38.5 Å². The molecule has 3 atom stereocenters. The quantitative estimate of drug-likeness (QED) is 0.250. The highest BCUT2D eigenvalue weighted by Crippen LogP contribution is 2.37. The zero-order chi connectivity index (χ0) is 31.8. The van der Waals surface area contributed by atoms with E-state index in [4.69, 9.17) is 23.7 Å². The first-order chi connectivity index (χ1) is 21.8. The highest BCUT2D eigenvalue weighted by molar-refractivity contribution is 7.89. The molecule has 3 aromatic rings. The van der Waals surface area contributed by atoms with E-state index in [-0.39, 0.29) is 37.1 Å². The zero-order valence-electron chi connectivity index (χ0n) is 26.1. The molecule has 0 bridgehead atoms. The van der Waals surface area contributed by atoms with Crippen LogP contribution in [-0.4, -0.2) is 85.2 Å². The number of ether oxygens (including phenoxy) is 5. The monoisotopic (exact) mass is 635 g/mol. The lowest BCUT2D eigenvalue weighted by Gasteiger charge is -2.42. The van der Waals surface area contributed by atoms with Crippen molar-refractivity contribution in [2.24, 2.45) is 0 Å². The van der Waals surface area contributed by atoms with Crippen molar-refractivity contribution in [2.75, 3.05) is 65.1 Å². The van der Waals surface area contributed by atoms with Crippen LogP contribution in [0, 0.1) is 18.3 Å². The summed E-state index contributed by atoms with van der Waals surface area (Å²) in [4.78, 5) is 2.50. The minimum Gasteiger partial charge on any atom is -0.497 e. The number of methoxy groups -OCH3 is 2. The average molecular weight is 636 g/mol. The number of hydrogen-bond donors (Lipinski definition) is 0. The molecule has 0 saturated carbocycles. The minimum atomic E-state index is -3.86. The molecule has 0 N–H and O–H groups in total. The molecule has 45 heavy (non-hydrogen) atoms. The van der Waals surface area contributed by atoms with E-state index in [9.17, 15) is 13.7 Å². The lowest BCUT2D eigenvalue weighted by Crippen LogP contribution is -2.54. The summed E-state index contributed by atoms with van der Waals surface area (Å²) < 4.78 is 58.4. The molecular weight excluding hydrogens is 594 g/mol. The van der Waals surface area contributed by atoms with E-state index in [0.29, 0.717) is 19.0 Å². The summed E-state index contributed by atoms with van der Waals surface area (Å²) in [6, 6.07) is 22.5. The molecule has 1 fully saturated rings. The maximum atomic E-state index is 13.9. The van der Waals surface area contributed by atoms with Gasteiger partial charge in [0.1, 0.15) is 24.7 Å². The third-order valence-electron chi connectivity index (χ3n) is 8.31. The molecule has 2 aliphatic heterocycles. The van der Waals surface area contributed by atoms with Crippen molar-refractivity contribution in [2.45, 2.75) is 43.0 Å². The molecule has 0 aliphatic carbocycles. The Morgan fingerprint density at radius 1 is 0.978 bits per heavy atom. The van der Waals surface area contributed by atoms with Crippen molar-refractivity contribution < 1.29 is 32.1 Å². The summed E-state index contributed by atoms with van der Waals surface area (Å²) in [5.41, 5.74) is 3.83. The number of anilines is 1. The standard InChI is InChI=1S/C34H41N3O7S/c1-25-5-12-29(13-6-25)45(38,39)37-22-32(42-19-15-35)34(27-8-10-28(41-3)11-9-27)33(23-37)44-24-26-7-14-31-30(21-26)36(17-20-43-31)16-4-18-40-2/h5-14,21,32-34H,4,16-20,22-24H2,1-3H3/t32-,33+,34+/m1/s1. The van der Waals surface area contributed by atoms with Crippen molar-refractivity contribution in [1.29, 1.82) is 5.26 Å². The van der Waals surface area contributed by atoms with E-state index in [2.05, 4.69) is 11.0 Å². The van der Waals surface area contributed by atoms with Crippen LogP contribution in [-0.2, 0) is 30.8 Å². The summed E-state index contributed by atoms with van der Waals surface area (Å²) >= 11 is 0. The summed E-state index contributed by atoms with van der Waals surface area (Å²) in [5.74, 6) is 1.20. The fourth-order valence-corrected chi connectivity index (χ4v) is 7.42. The van der Waals surface area contributed by atoms with Crippen LogP contribution in [0.1, 0.15) is 29.0 Å². The van der Waals surface area contributed by atoms with Crippen LogP contribution in [0.5, 0.6) is 11.5 Å². The molecule has 0 radical (unpaired) electrons. The van der Waals surface area contributed by atoms with Crippen molar-refractivity contribution in [1.82, 2.24) is 4.31 Å². The second-order valence-electron chi connectivity index (χ2n) is 11.3. The second kappa shape index (κ2) is 15.1. The van der Waals surface area contributed by atoms with Crippen LogP contribution in [0.15, 0.2) is 71.6 Å².